The molecule has 0 saturated carbocycles. The van der Waals surface area contributed by atoms with E-state index in [0.29, 0.717) is 0 Å². The lowest BCUT2D eigenvalue weighted by atomic mass is 10.3. The number of hydrogen-bond donors (Lipinski definition) is 1. The second kappa shape index (κ2) is 5.63. The highest BCUT2D eigenvalue weighted by Gasteiger charge is 2.47. The maximum absolute atomic E-state index is 3.68. The third-order valence-corrected chi connectivity index (χ3v) is 6.93. The number of anilines is 1. The molecule has 0 aliphatic carbocycles. The van der Waals surface area contributed by atoms with Crippen molar-refractivity contribution in [2.24, 2.45) is 0 Å². The van der Waals surface area contributed by atoms with Gasteiger partial charge in [-0.25, -0.2) is 5.09 Å². The van der Waals surface area contributed by atoms with Crippen molar-refractivity contribution in [3.8, 4) is 0 Å². The van der Waals surface area contributed by atoms with Crippen LogP contribution in [0.3, 0.4) is 0 Å². The van der Waals surface area contributed by atoms with E-state index in [-0.39, 0.29) is 24.0 Å². The zero-order chi connectivity index (χ0) is 10.9. The average Bonchev–Trinajstić information content (AvgIpc) is 2.48. The Morgan fingerprint density at radius 1 is 1.06 bits per heavy atom. The van der Waals surface area contributed by atoms with E-state index in [9.17, 15) is 0 Å². The minimum absolute atomic E-state index is 0. The largest absolute Gasteiger partial charge is 1.00 e. The quantitative estimate of drug-likeness (QED) is 0.566. The molecular formula is C11H19IN3P. The highest BCUT2D eigenvalue weighted by molar-refractivity contribution is 7.72. The van der Waals surface area contributed by atoms with Gasteiger partial charge in [0.05, 0.1) is 18.8 Å². The summed E-state index contributed by atoms with van der Waals surface area (Å²) in [7, 11) is 3.10. The summed E-state index contributed by atoms with van der Waals surface area (Å²) in [5.41, 5.74) is 1.22. The summed E-state index contributed by atoms with van der Waals surface area (Å²) in [5, 5.41) is 3.68. The van der Waals surface area contributed by atoms with Crippen LogP contribution in [0.5, 0.6) is 0 Å². The van der Waals surface area contributed by atoms with Crippen molar-refractivity contribution in [3.63, 3.8) is 0 Å². The Kier molecular flexibility index (Phi) is 4.98. The smallest absolute Gasteiger partial charge is 0.243 e. The van der Waals surface area contributed by atoms with Gasteiger partial charge >= 0.3 is 0 Å². The van der Waals surface area contributed by atoms with E-state index >= 15 is 0 Å². The number of likely N-dealkylation sites (N-methyl/N-ethyl adjacent to an activating group) is 2. The summed E-state index contributed by atoms with van der Waals surface area (Å²) in [6, 6.07) is 10.5. The van der Waals surface area contributed by atoms with Crippen molar-refractivity contribution >= 4 is 13.4 Å². The van der Waals surface area contributed by atoms with E-state index in [2.05, 4.69) is 59.5 Å². The molecule has 1 fully saturated rings. The Hall–Kier alpha value is 0.100. The number of halogens is 1. The molecule has 0 aromatic heterocycles. The topological polar surface area (TPSA) is 18.5 Å². The molecule has 0 bridgehead atoms. The molecule has 1 aromatic carbocycles. The van der Waals surface area contributed by atoms with Crippen LogP contribution in [0.2, 0.25) is 0 Å². The molecule has 1 aliphatic heterocycles. The van der Waals surface area contributed by atoms with Crippen molar-refractivity contribution < 1.29 is 24.0 Å². The van der Waals surface area contributed by atoms with Crippen LogP contribution in [0.1, 0.15) is 0 Å². The van der Waals surface area contributed by atoms with Crippen molar-refractivity contribution in [1.29, 1.82) is 0 Å². The number of para-hydroxylation sites is 1. The van der Waals surface area contributed by atoms with Gasteiger partial charge in [0.2, 0.25) is 7.71 Å². The van der Waals surface area contributed by atoms with Crippen LogP contribution in [0.25, 0.3) is 0 Å². The predicted octanol–water partition coefficient (Wildman–Crippen LogP) is -0.628. The fraction of sp³-hybridized carbons (Fsp3) is 0.455. The van der Waals surface area contributed by atoms with E-state index in [1.165, 1.54) is 5.69 Å². The summed E-state index contributed by atoms with van der Waals surface area (Å²) in [6.07, 6.45) is 0. The van der Waals surface area contributed by atoms with E-state index < -0.39 is 7.71 Å². The molecule has 0 radical (unpaired) electrons. The van der Waals surface area contributed by atoms with Gasteiger partial charge in [0.15, 0.2) is 0 Å². The molecule has 0 spiro atoms. The first-order valence-corrected chi connectivity index (χ1v) is 7.40. The first kappa shape index (κ1) is 14.2. The standard InChI is InChI=1S/C11H19N3P.HI/c1-13-9-10-14(2)15(13,3)12-11-7-5-4-6-8-11;/h4-8,12H,9-10H2,1-3H3;1H/q+1;/p-1. The van der Waals surface area contributed by atoms with Gasteiger partial charge in [-0.15, -0.1) is 9.34 Å². The number of benzene rings is 1. The third-order valence-electron chi connectivity index (χ3n) is 3.19. The van der Waals surface area contributed by atoms with E-state index in [0.717, 1.165) is 13.1 Å². The van der Waals surface area contributed by atoms with Crippen molar-refractivity contribution in [1.82, 2.24) is 9.34 Å². The Balaban J connectivity index is 0.00000128. The monoisotopic (exact) mass is 351 g/mol. The zero-order valence-corrected chi connectivity index (χ0v) is 13.1. The number of nitrogens with one attached hydrogen (secondary N) is 1. The highest BCUT2D eigenvalue weighted by atomic mass is 127. The minimum atomic E-state index is -1.31. The van der Waals surface area contributed by atoms with Crippen LogP contribution >= 0.6 is 7.71 Å². The summed E-state index contributed by atoms with van der Waals surface area (Å²) < 4.78 is 4.89. The SMILES string of the molecule is CN1CCN(C)[P+]1(C)Nc1ccccc1.[I-]. The summed E-state index contributed by atoms with van der Waals surface area (Å²) in [4.78, 5) is 0. The maximum Gasteiger partial charge on any atom is 0.243 e. The fourth-order valence-corrected chi connectivity index (χ4v) is 4.33. The molecular weight excluding hydrogens is 332 g/mol. The van der Waals surface area contributed by atoms with E-state index in [1.54, 1.807) is 0 Å². The van der Waals surface area contributed by atoms with Crippen LogP contribution < -0.4 is 29.1 Å². The van der Waals surface area contributed by atoms with Gasteiger partial charge in [-0.2, -0.15) is 0 Å². The Labute approximate surface area is 116 Å². The molecule has 1 aliphatic rings. The van der Waals surface area contributed by atoms with Crippen molar-refractivity contribution in [2.45, 2.75) is 0 Å². The summed E-state index contributed by atoms with van der Waals surface area (Å²) in [5.74, 6) is 0. The normalized spacial score (nSPS) is 20.4. The molecule has 1 aromatic rings. The lowest BCUT2D eigenvalue weighted by Gasteiger charge is -2.29. The molecule has 90 valence electrons. The highest BCUT2D eigenvalue weighted by Crippen LogP contribution is 2.62. The van der Waals surface area contributed by atoms with Crippen LogP contribution in [0.4, 0.5) is 5.69 Å². The second-order valence-corrected chi connectivity index (χ2v) is 7.57. The van der Waals surface area contributed by atoms with Crippen LogP contribution in [0, 0.1) is 0 Å². The van der Waals surface area contributed by atoms with Gasteiger partial charge in [-0.05, 0) is 12.1 Å². The van der Waals surface area contributed by atoms with Gasteiger partial charge in [-0.3, -0.25) is 0 Å². The maximum atomic E-state index is 3.68. The molecule has 3 nitrogen and oxygen atoms in total. The molecule has 5 heteroatoms. The number of rotatable bonds is 2. The Morgan fingerprint density at radius 2 is 1.56 bits per heavy atom. The molecule has 2 rings (SSSR count). The van der Waals surface area contributed by atoms with Crippen molar-refractivity contribution in [2.75, 3.05) is 38.9 Å². The summed E-state index contributed by atoms with van der Waals surface area (Å²) in [6.45, 7) is 4.63. The van der Waals surface area contributed by atoms with Gasteiger partial charge in [-0.1, -0.05) is 18.2 Å². The lowest BCUT2D eigenvalue weighted by Crippen LogP contribution is -3.00. The third kappa shape index (κ3) is 2.67. The minimum Gasteiger partial charge on any atom is -1.00 e. The lowest BCUT2D eigenvalue weighted by molar-refractivity contribution is -0.00000330. The molecule has 0 amide bonds. The Morgan fingerprint density at radius 3 is 2.06 bits per heavy atom. The summed E-state index contributed by atoms with van der Waals surface area (Å²) >= 11 is 0. The van der Waals surface area contributed by atoms with Crippen LogP contribution in [0.15, 0.2) is 30.3 Å². The van der Waals surface area contributed by atoms with Gasteiger partial charge < -0.3 is 24.0 Å². The zero-order valence-electron chi connectivity index (χ0n) is 10.0. The Bertz CT molecular complexity index is 323. The van der Waals surface area contributed by atoms with Gasteiger partial charge in [0, 0.05) is 14.1 Å². The molecule has 0 atom stereocenters. The molecule has 1 N–H and O–H groups in total. The predicted molar refractivity (Wildman–Crippen MR) is 68.2 cm³/mol. The molecule has 1 heterocycles. The second-order valence-electron chi connectivity index (χ2n) is 4.15. The molecule has 0 unspecified atom stereocenters. The van der Waals surface area contributed by atoms with Gasteiger partial charge in [0.1, 0.15) is 6.66 Å². The van der Waals surface area contributed by atoms with Crippen LogP contribution in [-0.2, 0) is 0 Å². The fourth-order valence-electron chi connectivity index (χ4n) is 1.87. The number of nitrogens with zero attached hydrogens (tertiary/aromatic N) is 2. The van der Waals surface area contributed by atoms with E-state index in [1.807, 2.05) is 6.07 Å². The van der Waals surface area contributed by atoms with Crippen molar-refractivity contribution in [3.05, 3.63) is 30.3 Å². The number of hydrogen-bond acceptors (Lipinski definition) is 3. The van der Waals surface area contributed by atoms with Crippen LogP contribution in [-0.4, -0.2) is 43.2 Å². The average molecular weight is 351 g/mol. The van der Waals surface area contributed by atoms with E-state index in [4.69, 9.17) is 0 Å². The van der Waals surface area contributed by atoms with Gasteiger partial charge in [0.25, 0.3) is 0 Å². The molecule has 16 heavy (non-hydrogen) atoms. The first-order chi connectivity index (χ1) is 7.13. The first-order valence-electron chi connectivity index (χ1n) is 5.26. The molecule has 1 saturated heterocycles.